The van der Waals surface area contributed by atoms with E-state index in [9.17, 15) is 4.39 Å². The average molecular weight is 292 g/mol. The maximum Gasteiger partial charge on any atom is 0.127 e. The maximum absolute atomic E-state index is 13.7. The quantitative estimate of drug-likeness (QED) is 0.873. The van der Waals surface area contributed by atoms with Gasteiger partial charge < -0.3 is 5.73 Å². The molecule has 1 aromatic carbocycles. The van der Waals surface area contributed by atoms with Crippen molar-refractivity contribution in [1.29, 1.82) is 0 Å². The molecule has 0 spiro atoms. The van der Waals surface area contributed by atoms with Crippen LogP contribution >= 0.6 is 11.3 Å². The first kappa shape index (κ1) is 15.2. The molecule has 0 aliphatic heterocycles. The van der Waals surface area contributed by atoms with Crippen molar-refractivity contribution in [2.24, 2.45) is 5.73 Å². The van der Waals surface area contributed by atoms with Crippen molar-refractivity contribution in [2.45, 2.75) is 25.4 Å². The zero-order valence-corrected chi connectivity index (χ0v) is 12.7. The van der Waals surface area contributed by atoms with E-state index in [1.165, 1.54) is 10.9 Å². The highest BCUT2D eigenvalue weighted by atomic mass is 32.1. The molecule has 2 nitrogen and oxygen atoms in total. The number of nitrogens with two attached hydrogens (primary N) is 1. The first-order valence-electron chi connectivity index (χ1n) is 6.83. The normalized spacial score (nSPS) is 14.4. The van der Waals surface area contributed by atoms with Gasteiger partial charge in [0.1, 0.15) is 5.82 Å². The summed E-state index contributed by atoms with van der Waals surface area (Å²) in [5, 5.41) is 2.09. The van der Waals surface area contributed by atoms with Crippen LogP contribution in [0.25, 0.3) is 0 Å². The number of thiophene rings is 1. The molecule has 2 aromatic rings. The van der Waals surface area contributed by atoms with Gasteiger partial charge in [-0.05, 0) is 37.9 Å². The van der Waals surface area contributed by atoms with E-state index in [-0.39, 0.29) is 11.9 Å². The van der Waals surface area contributed by atoms with Crippen molar-refractivity contribution in [1.82, 2.24) is 4.90 Å². The summed E-state index contributed by atoms with van der Waals surface area (Å²) >= 11 is 1.76. The molecule has 2 atom stereocenters. The summed E-state index contributed by atoms with van der Waals surface area (Å²) in [6.07, 6.45) is 0.743. The molecule has 0 saturated carbocycles. The highest BCUT2D eigenvalue weighted by Crippen LogP contribution is 2.25. The lowest BCUT2D eigenvalue weighted by molar-refractivity contribution is 0.254. The minimum atomic E-state index is -0.255. The molecule has 1 aromatic heterocycles. The summed E-state index contributed by atoms with van der Waals surface area (Å²) < 4.78 is 13.7. The van der Waals surface area contributed by atoms with Gasteiger partial charge in [-0.15, -0.1) is 11.3 Å². The molecule has 20 heavy (non-hydrogen) atoms. The Morgan fingerprint density at radius 1 is 1.25 bits per heavy atom. The van der Waals surface area contributed by atoms with Gasteiger partial charge in [-0.1, -0.05) is 24.3 Å². The minimum absolute atomic E-state index is 0.214. The molecule has 0 saturated heterocycles. The number of benzene rings is 1. The molecule has 1 heterocycles. The number of rotatable bonds is 6. The predicted octanol–water partition coefficient (Wildman–Crippen LogP) is 3.97. The van der Waals surface area contributed by atoms with E-state index in [4.69, 9.17) is 5.73 Å². The monoisotopic (exact) mass is 292 g/mol. The third-order valence-electron chi connectivity index (χ3n) is 3.71. The Morgan fingerprint density at radius 2 is 2.00 bits per heavy atom. The van der Waals surface area contributed by atoms with Gasteiger partial charge in [0.15, 0.2) is 0 Å². The van der Waals surface area contributed by atoms with Gasteiger partial charge in [0, 0.05) is 29.1 Å². The fourth-order valence-electron chi connectivity index (χ4n) is 2.21. The fraction of sp³-hybridized carbons (Fsp3) is 0.375. The molecule has 108 valence electrons. The van der Waals surface area contributed by atoms with Crippen molar-refractivity contribution in [3.05, 3.63) is 58.0 Å². The van der Waals surface area contributed by atoms with E-state index in [0.29, 0.717) is 11.6 Å². The van der Waals surface area contributed by atoms with Gasteiger partial charge in [0.05, 0.1) is 0 Å². The highest BCUT2D eigenvalue weighted by Gasteiger charge is 2.15. The summed E-state index contributed by atoms with van der Waals surface area (Å²) in [7, 11) is 2.08. The van der Waals surface area contributed by atoms with Crippen LogP contribution in [0.3, 0.4) is 0 Å². The number of nitrogens with zero attached hydrogens (tertiary/aromatic N) is 1. The van der Waals surface area contributed by atoms with Crippen LogP contribution in [-0.4, -0.2) is 18.5 Å². The van der Waals surface area contributed by atoms with Crippen LogP contribution in [0.5, 0.6) is 0 Å². The SMILES string of the molecule is CC(c1cccs1)N(C)CCC(N)c1ccccc1F. The third-order valence-corrected chi connectivity index (χ3v) is 4.76. The fourth-order valence-corrected chi connectivity index (χ4v) is 3.06. The molecule has 0 radical (unpaired) electrons. The molecule has 2 rings (SSSR count). The molecule has 0 bridgehead atoms. The molecule has 0 aliphatic carbocycles. The van der Waals surface area contributed by atoms with E-state index in [1.807, 2.05) is 6.07 Å². The molecule has 2 unspecified atom stereocenters. The third kappa shape index (κ3) is 3.66. The van der Waals surface area contributed by atoms with Gasteiger partial charge in [-0.3, -0.25) is 4.90 Å². The van der Waals surface area contributed by atoms with Crippen LogP contribution in [0.1, 0.15) is 35.9 Å². The van der Waals surface area contributed by atoms with Crippen LogP contribution in [0.4, 0.5) is 4.39 Å². The van der Waals surface area contributed by atoms with Gasteiger partial charge in [0.25, 0.3) is 0 Å². The lowest BCUT2D eigenvalue weighted by Crippen LogP contribution is -2.26. The van der Waals surface area contributed by atoms with Crippen LogP contribution in [0.15, 0.2) is 41.8 Å². The molecular weight excluding hydrogens is 271 g/mol. The number of hydrogen-bond donors (Lipinski definition) is 1. The Labute approximate surface area is 124 Å². The molecule has 4 heteroatoms. The Balaban J connectivity index is 1.90. The molecule has 0 amide bonds. The lowest BCUT2D eigenvalue weighted by Gasteiger charge is -2.25. The zero-order chi connectivity index (χ0) is 14.5. The van der Waals surface area contributed by atoms with Gasteiger partial charge in [-0.2, -0.15) is 0 Å². The van der Waals surface area contributed by atoms with E-state index in [2.05, 4.69) is 36.4 Å². The zero-order valence-electron chi connectivity index (χ0n) is 11.9. The topological polar surface area (TPSA) is 29.3 Å². The van der Waals surface area contributed by atoms with Crippen molar-refractivity contribution >= 4 is 11.3 Å². The Morgan fingerprint density at radius 3 is 2.65 bits per heavy atom. The number of hydrogen-bond acceptors (Lipinski definition) is 3. The minimum Gasteiger partial charge on any atom is -0.324 e. The summed E-state index contributed by atoms with van der Waals surface area (Å²) in [4.78, 5) is 3.60. The average Bonchev–Trinajstić information content (AvgIpc) is 2.98. The molecule has 0 aliphatic rings. The molecule has 0 fully saturated rings. The van der Waals surface area contributed by atoms with Crippen LogP contribution in [-0.2, 0) is 0 Å². The second-order valence-corrected chi connectivity index (χ2v) is 6.07. The van der Waals surface area contributed by atoms with Crippen molar-refractivity contribution in [2.75, 3.05) is 13.6 Å². The van der Waals surface area contributed by atoms with Gasteiger partial charge >= 0.3 is 0 Å². The summed E-state index contributed by atoms with van der Waals surface area (Å²) in [6, 6.07) is 11.1. The Bertz CT molecular complexity index is 527. The van der Waals surface area contributed by atoms with Crippen molar-refractivity contribution < 1.29 is 4.39 Å². The molecule has 2 N–H and O–H groups in total. The largest absolute Gasteiger partial charge is 0.324 e. The summed E-state index contributed by atoms with van der Waals surface area (Å²) in [5.74, 6) is -0.214. The van der Waals surface area contributed by atoms with Gasteiger partial charge in [-0.25, -0.2) is 4.39 Å². The summed E-state index contributed by atoms with van der Waals surface area (Å²) in [6.45, 7) is 3.02. The highest BCUT2D eigenvalue weighted by molar-refractivity contribution is 7.10. The number of halogens is 1. The first-order chi connectivity index (χ1) is 9.59. The van der Waals surface area contributed by atoms with E-state index in [1.54, 1.807) is 23.5 Å². The first-order valence-corrected chi connectivity index (χ1v) is 7.71. The van der Waals surface area contributed by atoms with Crippen LogP contribution in [0, 0.1) is 5.82 Å². The van der Waals surface area contributed by atoms with Gasteiger partial charge in [0.2, 0.25) is 0 Å². The predicted molar refractivity (Wildman–Crippen MR) is 83.3 cm³/mol. The summed E-state index contributed by atoms with van der Waals surface area (Å²) in [5.41, 5.74) is 6.70. The van der Waals surface area contributed by atoms with E-state index < -0.39 is 0 Å². The maximum atomic E-state index is 13.7. The van der Waals surface area contributed by atoms with Crippen molar-refractivity contribution in [3.63, 3.8) is 0 Å². The van der Waals surface area contributed by atoms with E-state index >= 15 is 0 Å². The van der Waals surface area contributed by atoms with Crippen LogP contribution < -0.4 is 5.73 Å². The smallest absolute Gasteiger partial charge is 0.127 e. The second kappa shape index (κ2) is 6.97. The lowest BCUT2D eigenvalue weighted by atomic mass is 10.0. The van der Waals surface area contributed by atoms with Crippen LogP contribution in [0.2, 0.25) is 0 Å². The van der Waals surface area contributed by atoms with E-state index in [0.717, 1.165) is 13.0 Å². The standard InChI is InChI=1S/C16H21FN2S/c1-12(16-8-5-11-20-16)19(2)10-9-15(18)13-6-3-4-7-14(13)17/h3-8,11-12,15H,9-10,18H2,1-2H3. The second-order valence-electron chi connectivity index (χ2n) is 5.09. The van der Waals surface area contributed by atoms with Crippen molar-refractivity contribution in [3.8, 4) is 0 Å². The Kier molecular flexibility index (Phi) is 5.29. The Hall–Kier alpha value is -1.23. The molecular formula is C16H21FN2S.